The van der Waals surface area contributed by atoms with Crippen LogP contribution in [0.1, 0.15) is 39.0 Å². The smallest absolute Gasteiger partial charge is 0.212 e. The first kappa shape index (κ1) is 13.5. The van der Waals surface area contributed by atoms with E-state index < -0.39 is 10.0 Å². The minimum atomic E-state index is -3.07. The maximum Gasteiger partial charge on any atom is 0.216 e. The van der Waals surface area contributed by atoms with Gasteiger partial charge in [-0.1, -0.05) is 35.2 Å². The van der Waals surface area contributed by atoms with Gasteiger partial charge in [0, 0.05) is 18.4 Å². The van der Waals surface area contributed by atoms with Crippen LogP contribution in [0.2, 0.25) is 0 Å². The molecule has 3 nitrogen and oxygen atoms in total. The molecule has 1 aliphatic rings. The molecule has 1 fully saturated rings. The van der Waals surface area contributed by atoms with E-state index in [1.807, 2.05) is 6.92 Å². The lowest BCUT2D eigenvalue weighted by molar-refractivity contribution is 0.390. The Morgan fingerprint density at radius 3 is 2.33 bits per heavy atom. The second-order valence-electron chi connectivity index (χ2n) is 4.32. The van der Waals surface area contributed by atoms with Crippen molar-refractivity contribution in [2.75, 3.05) is 12.4 Å². The molecule has 1 saturated carbocycles. The molecule has 90 valence electrons. The Kier molecular flexibility index (Phi) is 5.06. The Morgan fingerprint density at radius 2 is 1.87 bits per heavy atom. The molecule has 1 atom stereocenters. The van der Waals surface area contributed by atoms with Crippen molar-refractivity contribution >= 4 is 26.0 Å². The number of hydrogen-bond acceptors (Lipinski definition) is 2. The number of alkyl halides is 1. The van der Waals surface area contributed by atoms with Gasteiger partial charge in [-0.05, 0) is 19.8 Å². The van der Waals surface area contributed by atoms with Gasteiger partial charge in [0.1, 0.15) is 0 Å². The lowest BCUT2D eigenvalue weighted by atomic mass is 10.0. The summed E-state index contributed by atoms with van der Waals surface area (Å²) >= 11 is 3.33. The summed E-state index contributed by atoms with van der Waals surface area (Å²) in [5.41, 5.74) is 0. The summed E-state index contributed by atoms with van der Waals surface area (Å²) < 4.78 is 25.9. The van der Waals surface area contributed by atoms with Crippen molar-refractivity contribution < 1.29 is 8.42 Å². The van der Waals surface area contributed by atoms with E-state index in [1.165, 1.54) is 10.7 Å². The molecule has 1 aliphatic carbocycles. The van der Waals surface area contributed by atoms with Crippen LogP contribution in [0, 0.1) is 0 Å². The van der Waals surface area contributed by atoms with Gasteiger partial charge >= 0.3 is 0 Å². The van der Waals surface area contributed by atoms with Crippen LogP contribution in [-0.2, 0) is 10.0 Å². The zero-order valence-corrected chi connectivity index (χ0v) is 11.8. The van der Waals surface area contributed by atoms with Gasteiger partial charge in [0.2, 0.25) is 10.0 Å². The van der Waals surface area contributed by atoms with E-state index in [-0.39, 0.29) is 11.3 Å². The Morgan fingerprint density at radius 1 is 1.33 bits per heavy atom. The van der Waals surface area contributed by atoms with Crippen LogP contribution in [0.25, 0.3) is 0 Å². The molecule has 0 spiro atoms. The Balaban J connectivity index is 2.72. The maximum atomic E-state index is 12.2. The third kappa shape index (κ3) is 3.17. The van der Waals surface area contributed by atoms with Gasteiger partial charge in [-0.25, -0.2) is 12.7 Å². The standard InChI is InChI=1S/C10H20BrNO2S/c1-9(8-11)12(2)15(13,14)10-6-4-3-5-7-10/h9-10H,3-8H2,1-2H3. The molecule has 0 aromatic carbocycles. The third-order valence-electron chi connectivity index (χ3n) is 3.22. The summed E-state index contributed by atoms with van der Waals surface area (Å²) in [5.74, 6) is 0. The first-order valence-corrected chi connectivity index (χ1v) is 8.15. The lowest BCUT2D eigenvalue weighted by Crippen LogP contribution is -2.42. The molecule has 0 aromatic heterocycles. The molecule has 15 heavy (non-hydrogen) atoms. The molecular formula is C10H20BrNO2S. The van der Waals surface area contributed by atoms with Gasteiger partial charge in [-0.3, -0.25) is 0 Å². The molecule has 1 rings (SSSR count). The SMILES string of the molecule is CC(CBr)N(C)S(=O)(=O)C1CCCCC1. The van der Waals surface area contributed by atoms with Gasteiger partial charge in [0.25, 0.3) is 0 Å². The zero-order chi connectivity index (χ0) is 11.5. The number of sulfonamides is 1. The van der Waals surface area contributed by atoms with Crippen molar-refractivity contribution in [3.05, 3.63) is 0 Å². The summed E-state index contributed by atoms with van der Waals surface area (Å²) in [4.78, 5) is 0. The summed E-state index contributed by atoms with van der Waals surface area (Å²) in [7, 11) is -1.38. The van der Waals surface area contributed by atoms with Crippen LogP contribution in [0.5, 0.6) is 0 Å². The van der Waals surface area contributed by atoms with E-state index in [2.05, 4.69) is 15.9 Å². The van der Waals surface area contributed by atoms with E-state index >= 15 is 0 Å². The van der Waals surface area contributed by atoms with Crippen LogP contribution in [-0.4, -0.2) is 36.4 Å². The average molecular weight is 298 g/mol. The van der Waals surface area contributed by atoms with Gasteiger partial charge in [-0.2, -0.15) is 0 Å². The van der Waals surface area contributed by atoms with E-state index in [9.17, 15) is 8.42 Å². The van der Waals surface area contributed by atoms with E-state index in [4.69, 9.17) is 0 Å². The van der Waals surface area contributed by atoms with Crippen LogP contribution in [0.15, 0.2) is 0 Å². The lowest BCUT2D eigenvalue weighted by Gasteiger charge is -2.30. The second kappa shape index (κ2) is 5.64. The summed E-state index contributed by atoms with van der Waals surface area (Å²) in [6.45, 7) is 1.93. The highest BCUT2D eigenvalue weighted by Crippen LogP contribution is 2.26. The third-order valence-corrected chi connectivity index (χ3v) is 6.63. The van der Waals surface area contributed by atoms with E-state index in [0.717, 1.165) is 25.7 Å². The first-order chi connectivity index (χ1) is 7.00. The summed E-state index contributed by atoms with van der Waals surface area (Å²) in [5, 5.41) is 0.549. The predicted octanol–water partition coefficient (Wildman–Crippen LogP) is 2.36. The van der Waals surface area contributed by atoms with Crippen molar-refractivity contribution in [3.63, 3.8) is 0 Å². The van der Waals surface area contributed by atoms with Crippen LogP contribution in [0.4, 0.5) is 0 Å². The molecule has 0 N–H and O–H groups in total. The highest BCUT2D eigenvalue weighted by atomic mass is 79.9. The Hall–Kier alpha value is 0.390. The number of nitrogens with zero attached hydrogens (tertiary/aromatic N) is 1. The maximum absolute atomic E-state index is 12.2. The molecule has 0 saturated heterocycles. The fourth-order valence-corrected chi connectivity index (χ4v) is 4.55. The molecule has 0 heterocycles. The van der Waals surface area contributed by atoms with Gasteiger partial charge in [0.15, 0.2) is 0 Å². The molecular weight excluding hydrogens is 278 g/mol. The van der Waals surface area contributed by atoms with E-state index in [0.29, 0.717) is 5.33 Å². The minimum Gasteiger partial charge on any atom is -0.212 e. The fourth-order valence-electron chi connectivity index (χ4n) is 1.95. The minimum absolute atomic E-state index is 0.0388. The summed E-state index contributed by atoms with van der Waals surface area (Å²) in [6, 6.07) is 0.0388. The highest BCUT2D eigenvalue weighted by Gasteiger charge is 2.32. The number of halogens is 1. The van der Waals surface area contributed by atoms with Gasteiger partial charge in [-0.15, -0.1) is 0 Å². The number of hydrogen-bond donors (Lipinski definition) is 0. The zero-order valence-electron chi connectivity index (χ0n) is 9.45. The quantitative estimate of drug-likeness (QED) is 0.747. The molecule has 5 heteroatoms. The molecule has 0 aliphatic heterocycles. The van der Waals surface area contributed by atoms with Crippen molar-refractivity contribution in [2.45, 2.75) is 50.3 Å². The van der Waals surface area contributed by atoms with Crippen molar-refractivity contribution in [2.24, 2.45) is 0 Å². The fraction of sp³-hybridized carbons (Fsp3) is 1.00. The summed E-state index contributed by atoms with van der Waals surface area (Å²) in [6.07, 6.45) is 4.97. The second-order valence-corrected chi connectivity index (χ2v) is 7.24. The van der Waals surface area contributed by atoms with Crippen LogP contribution in [0.3, 0.4) is 0 Å². The van der Waals surface area contributed by atoms with Gasteiger partial charge < -0.3 is 0 Å². The van der Waals surface area contributed by atoms with Crippen LogP contribution >= 0.6 is 15.9 Å². The molecule has 0 aromatic rings. The topological polar surface area (TPSA) is 37.4 Å². The number of rotatable bonds is 4. The monoisotopic (exact) mass is 297 g/mol. The predicted molar refractivity (Wildman–Crippen MR) is 66.8 cm³/mol. The highest BCUT2D eigenvalue weighted by molar-refractivity contribution is 9.09. The Bertz CT molecular complexity index is 278. The largest absolute Gasteiger partial charge is 0.216 e. The first-order valence-electron chi connectivity index (χ1n) is 5.53. The van der Waals surface area contributed by atoms with Crippen molar-refractivity contribution in [1.82, 2.24) is 4.31 Å². The van der Waals surface area contributed by atoms with Crippen molar-refractivity contribution in [3.8, 4) is 0 Å². The normalized spacial score (nSPS) is 21.9. The molecule has 0 bridgehead atoms. The van der Waals surface area contributed by atoms with Gasteiger partial charge in [0.05, 0.1) is 5.25 Å². The molecule has 0 amide bonds. The van der Waals surface area contributed by atoms with E-state index in [1.54, 1.807) is 7.05 Å². The molecule has 1 unspecified atom stereocenters. The van der Waals surface area contributed by atoms with Crippen molar-refractivity contribution in [1.29, 1.82) is 0 Å². The Labute approximate surface area is 101 Å². The average Bonchev–Trinajstić information content (AvgIpc) is 2.28. The van der Waals surface area contributed by atoms with Crippen LogP contribution < -0.4 is 0 Å². The molecule has 0 radical (unpaired) electrons.